The number of methoxy groups -OCH3 is 1. The zero-order valence-corrected chi connectivity index (χ0v) is 15.0. The summed E-state index contributed by atoms with van der Waals surface area (Å²) in [5.41, 5.74) is 2.13. The number of amides is 1. The number of ether oxygens (including phenoxy) is 1. The van der Waals surface area contributed by atoms with Crippen LogP contribution >= 0.6 is 11.6 Å². The van der Waals surface area contributed by atoms with Crippen molar-refractivity contribution in [2.24, 2.45) is 0 Å². The number of carbonyl (C=O) groups is 1. The Morgan fingerprint density at radius 3 is 2.37 bits per heavy atom. The van der Waals surface area contributed by atoms with Crippen LogP contribution in [0.2, 0.25) is 5.02 Å². The number of hydrogen-bond donors (Lipinski definition) is 2. The summed E-state index contributed by atoms with van der Waals surface area (Å²) in [6, 6.07) is 13.9. The van der Waals surface area contributed by atoms with Gasteiger partial charge >= 0.3 is 0 Å². The first-order chi connectivity index (χ1) is 13.1. The van der Waals surface area contributed by atoms with Crippen LogP contribution < -0.4 is 15.4 Å². The maximum absolute atomic E-state index is 12.3. The van der Waals surface area contributed by atoms with Gasteiger partial charge in [0.05, 0.1) is 29.3 Å². The van der Waals surface area contributed by atoms with Crippen molar-refractivity contribution in [1.82, 2.24) is 9.97 Å². The average molecular weight is 380 g/mol. The molecule has 3 rings (SSSR count). The fourth-order valence-electron chi connectivity index (χ4n) is 2.21. The number of benzene rings is 2. The molecular weight excluding hydrogens is 366 g/mol. The quantitative estimate of drug-likeness (QED) is 0.694. The van der Waals surface area contributed by atoms with E-state index in [-0.39, 0.29) is 5.91 Å². The molecule has 0 aliphatic heterocycles. The van der Waals surface area contributed by atoms with Crippen LogP contribution in [0.15, 0.2) is 54.9 Å². The largest absolute Gasteiger partial charge is 0.495 e. The van der Waals surface area contributed by atoms with E-state index in [1.165, 1.54) is 19.5 Å². The van der Waals surface area contributed by atoms with Crippen molar-refractivity contribution in [3.8, 4) is 11.8 Å². The van der Waals surface area contributed by atoms with Gasteiger partial charge in [0.1, 0.15) is 5.75 Å². The molecular formula is C19H14ClN5O2. The predicted molar refractivity (Wildman–Crippen MR) is 102 cm³/mol. The van der Waals surface area contributed by atoms with Crippen LogP contribution in [0.5, 0.6) is 5.75 Å². The fourth-order valence-corrected chi connectivity index (χ4v) is 2.47. The molecule has 8 heteroatoms. The minimum Gasteiger partial charge on any atom is -0.495 e. The molecule has 0 fully saturated rings. The Hall–Kier alpha value is -3.63. The Labute approximate surface area is 160 Å². The molecule has 0 radical (unpaired) electrons. The van der Waals surface area contributed by atoms with Crippen LogP contribution in [0.1, 0.15) is 15.9 Å². The summed E-state index contributed by atoms with van der Waals surface area (Å²) in [4.78, 5) is 20.6. The van der Waals surface area contributed by atoms with Crippen molar-refractivity contribution in [3.05, 3.63) is 71.0 Å². The molecule has 0 atom stereocenters. The van der Waals surface area contributed by atoms with Gasteiger partial charge in [0.2, 0.25) is 5.95 Å². The van der Waals surface area contributed by atoms with Crippen molar-refractivity contribution >= 4 is 34.8 Å². The van der Waals surface area contributed by atoms with Crippen LogP contribution in [0.25, 0.3) is 0 Å². The van der Waals surface area contributed by atoms with Gasteiger partial charge in [-0.1, -0.05) is 11.6 Å². The standard InChI is InChI=1S/C19H14ClN5O2/c1-27-17-7-6-15(8-16(17)20)24-18(26)13-10-22-19(23-11-13)25-14-4-2-12(9-21)3-5-14/h2-8,10-11H,1H3,(H,24,26)(H,22,23,25). The second-order valence-corrected chi connectivity index (χ2v) is 5.82. The molecule has 1 amide bonds. The van der Waals surface area contributed by atoms with E-state index in [0.717, 1.165) is 5.69 Å². The second-order valence-electron chi connectivity index (χ2n) is 5.41. The van der Waals surface area contributed by atoms with Crippen LogP contribution in [0, 0.1) is 11.3 Å². The van der Waals surface area contributed by atoms with Crippen molar-refractivity contribution in [2.45, 2.75) is 0 Å². The van der Waals surface area contributed by atoms with Crippen molar-refractivity contribution in [1.29, 1.82) is 5.26 Å². The summed E-state index contributed by atoms with van der Waals surface area (Å²) >= 11 is 6.05. The number of rotatable bonds is 5. The maximum Gasteiger partial charge on any atom is 0.258 e. The zero-order chi connectivity index (χ0) is 19.2. The Balaban J connectivity index is 1.66. The molecule has 0 aliphatic rings. The molecule has 0 spiro atoms. The van der Waals surface area contributed by atoms with Crippen LogP contribution in [0.4, 0.5) is 17.3 Å². The van der Waals surface area contributed by atoms with E-state index in [4.69, 9.17) is 21.6 Å². The molecule has 0 saturated heterocycles. The Morgan fingerprint density at radius 2 is 1.78 bits per heavy atom. The maximum atomic E-state index is 12.3. The number of aromatic nitrogens is 2. The molecule has 3 aromatic rings. The number of anilines is 3. The molecule has 2 aromatic carbocycles. The first-order valence-corrected chi connectivity index (χ1v) is 8.21. The van der Waals surface area contributed by atoms with Gasteiger partial charge in [-0.3, -0.25) is 4.79 Å². The van der Waals surface area contributed by atoms with Crippen LogP contribution in [-0.4, -0.2) is 23.0 Å². The molecule has 0 bridgehead atoms. The van der Waals surface area contributed by atoms with Gasteiger partial charge in [-0.15, -0.1) is 0 Å². The molecule has 134 valence electrons. The Bertz CT molecular complexity index is 998. The van der Waals surface area contributed by atoms with E-state index in [1.807, 2.05) is 6.07 Å². The lowest BCUT2D eigenvalue weighted by Gasteiger charge is -2.08. The molecule has 0 aliphatic carbocycles. The fraction of sp³-hybridized carbons (Fsp3) is 0.0526. The summed E-state index contributed by atoms with van der Waals surface area (Å²) in [5, 5.41) is 14.9. The molecule has 0 unspecified atom stereocenters. The highest BCUT2D eigenvalue weighted by atomic mass is 35.5. The summed E-state index contributed by atoms with van der Waals surface area (Å²) in [5.74, 6) is 0.501. The third-order valence-electron chi connectivity index (χ3n) is 3.59. The Morgan fingerprint density at radius 1 is 1.11 bits per heavy atom. The molecule has 27 heavy (non-hydrogen) atoms. The lowest BCUT2D eigenvalue weighted by Crippen LogP contribution is -2.13. The van der Waals surface area contributed by atoms with Crippen molar-refractivity contribution < 1.29 is 9.53 Å². The van der Waals surface area contributed by atoms with E-state index >= 15 is 0 Å². The lowest BCUT2D eigenvalue weighted by molar-refractivity contribution is 0.102. The number of nitrogens with one attached hydrogen (secondary N) is 2. The third kappa shape index (κ3) is 4.51. The van der Waals surface area contributed by atoms with E-state index in [1.54, 1.807) is 42.5 Å². The first kappa shape index (κ1) is 18.2. The van der Waals surface area contributed by atoms with E-state index in [2.05, 4.69) is 20.6 Å². The van der Waals surface area contributed by atoms with Crippen LogP contribution in [-0.2, 0) is 0 Å². The van der Waals surface area contributed by atoms with Gasteiger partial charge < -0.3 is 15.4 Å². The van der Waals surface area contributed by atoms with Gasteiger partial charge in [-0.2, -0.15) is 5.26 Å². The van der Waals surface area contributed by atoms with Gasteiger partial charge in [0.15, 0.2) is 0 Å². The van der Waals surface area contributed by atoms with E-state index < -0.39 is 0 Å². The molecule has 7 nitrogen and oxygen atoms in total. The van der Waals surface area contributed by atoms with E-state index in [0.29, 0.717) is 33.5 Å². The van der Waals surface area contributed by atoms with E-state index in [9.17, 15) is 4.79 Å². The highest BCUT2D eigenvalue weighted by Crippen LogP contribution is 2.27. The smallest absolute Gasteiger partial charge is 0.258 e. The minimum atomic E-state index is -0.360. The number of halogens is 1. The predicted octanol–water partition coefficient (Wildman–Crippen LogP) is 4.01. The summed E-state index contributed by atoms with van der Waals surface area (Å²) in [7, 11) is 1.52. The normalized spacial score (nSPS) is 9.96. The average Bonchev–Trinajstić information content (AvgIpc) is 2.69. The van der Waals surface area contributed by atoms with Gasteiger partial charge in [0, 0.05) is 23.8 Å². The van der Waals surface area contributed by atoms with Gasteiger partial charge in [-0.05, 0) is 42.5 Å². The summed E-state index contributed by atoms with van der Waals surface area (Å²) in [6.45, 7) is 0. The minimum absolute atomic E-state index is 0.298. The number of nitriles is 1. The topological polar surface area (TPSA) is 99.9 Å². The van der Waals surface area contributed by atoms with Gasteiger partial charge in [0.25, 0.3) is 5.91 Å². The van der Waals surface area contributed by atoms with Crippen molar-refractivity contribution in [3.63, 3.8) is 0 Å². The van der Waals surface area contributed by atoms with Crippen LogP contribution in [0.3, 0.4) is 0 Å². The lowest BCUT2D eigenvalue weighted by atomic mass is 10.2. The molecule has 1 heterocycles. The first-order valence-electron chi connectivity index (χ1n) is 7.83. The second kappa shape index (κ2) is 8.17. The number of hydrogen-bond acceptors (Lipinski definition) is 6. The zero-order valence-electron chi connectivity index (χ0n) is 14.2. The monoisotopic (exact) mass is 379 g/mol. The molecule has 0 saturated carbocycles. The Kier molecular flexibility index (Phi) is 5.50. The number of nitrogens with zero attached hydrogens (tertiary/aromatic N) is 3. The summed E-state index contributed by atoms with van der Waals surface area (Å²) in [6.07, 6.45) is 2.83. The highest BCUT2D eigenvalue weighted by Gasteiger charge is 2.09. The SMILES string of the molecule is COc1ccc(NC(=O)c2cnc(Nc3ccc(C#N)cc3)nc2)cc1Cl. The molecule has 1 aromatic heterocycles. The third-order valence-corrected chi connectivity index (χ3v) is 3.89. The molecule has 2 N–H and O–H groups in total. The highest BCUT2D eigenvalue weighted by molar-refractivity contribution is 6.32. The summed E-state index contributed by atoms with van der Waals surface area (Å²) < 4.78 is 5.08. The van der Waals surface area contributed by atoms with Gasteiger partial charge in [-0.25, -0.2) is 9.97 Å². The van der Waals surface area contributed by atoms with Crippen molar-refractivity contribution in [2.75, 3.05) is 17.7 Å². The number of carbonyl (C=O) groups excluding carboxylic acids is 1.